The maximum atomic E-state index is 12.2. The lowest BCUT2D eigenvalue weighted by molar-refractivity contribution is -0.121. The molecule has 1 heterocycles. The van der Waals surface area contributed by atoms with Crippen LogP contribution in [-0.4, -0.2) is 79.5 Å². The summed E-state index contributed by atoms with van der Waals surface area (Å²) < 4.78 is 0. The van der Waals surface area contributed by atoms with Gasteiger partial charge in [0.15, 0.2) is 0 Å². The standard InChI is InChI=1S/C25H35N5O2/c1-28(20-22-8-4-2-5-9-22)25(32)27-13-12-24(31)26-14-15-29-16-18-30(19-17-29)21-23-10-6-3-7-11-23/h2-11H,12-21H2,1H3,(H,26,31)(H,27,32). The van der Waals surface area contributed by atoms with Crippen molar-refractivity contribution in [3.63, 3.8) is 0 Å². The number of hydrogen-bond donors (Lipinski definition) is 2. The first-order valence-electron chi connectivity index (χ1n) is 11.4. The Bertz CT molecular complexity index is 823. The first-order valence-corrected chi connectivity index (χ1v) is 11.4. The molecule has 3 rings (SSSR count). The highest BCUT2D eigenvalue weighted by molar-refractivity contribution is 5.78. The van der Waals surface area contributed by atoms with Crippen LogP contribution in [0.1, 0.15) is 17.5 Å². The van der Waals surface area contributed by atoms with Crippen molar-refractivity contribution in [2.24, 2.45) is 0 Å². The van der Waals surface area contributed by atoms with Crippen LogP contribution in [0.5, 0.6) is 0 Å². The van der Waals surface area contributed by atoms with E-state index in [0.717, 1.165) is 44.8 Å². The van der Waals surface area contributed by atoms with Gasteiger partial charge in [0.05, 0.1) is 0 Å². The molecule has 7 nitrogen and oxygen atoms in total. The van der Waals surface area contributed by atoms with Crippen LogP contribution in [0.25, 0.3) is 0 Å². The number of piperazine rings is 1. The molecule has 2 aromatic carbocycles. The quantitative estimate of drug-likeness (QED) is 0.598. The highest BCUT2D eigenvalue weighted by Crippen LogP contribution is 2.08. The smallest absolute Gasteiger partial charge is 0.317 e. The first-order chi connectivity index (χ1) is 15.6. The van der Waals surface area contributed by atoms with Gasteiger partial charge in [0.1, 0.15) is 0 Å². The Balaban J connectivity index is 1.22. The minimum Gasteiger partial charge on any atom is -0.355 e. The van der Waals surface area contributed by atoms with Crippen molar-refractivity contribution in [2.75, 3.05) is 52.9 Å². The molecular formula is C25H35N5O2. The Labute approximate surface area is 191 Å². The van der Waals surface area contributed by atoms with E-state index in [1.54, 1.807) is 11.9 Å². The maximum absolute atomic E-state index is 12.2. The van der Waals surface area contributed by atoms with Gasteiger partial charge < -0.3 is 15.5 Å². The van der Waals surface area contributed by atoms with Crippen molar-refractivity contribution in [2.45, 2.75) is 19.5 Å². The minimum atomic E-state index is -0.171. The summed E-state index contributed by atoms with van der Waals surface area (Å²) in [4.78, 5) is 30.7. The molecule has 0 aromatic heterocycles. The second-order valence-corrected chi connectivity index (χ2v) is 8.28. The van der Waals surface area contributed by atoms with Crippen LogP contribution in [0.3, 0.4) is 0 Å². The lowest BCUT2D eigenvalue weighted by atomic mass is 10.2. The molecule has 2 N–H and O–H groups in total. The highest BCUT2D eigenvalue weighted by Gasteiger charge is 2.17. The van der Waals surface area contributed by atoms with Crippen molar-refractivity contribution in [3.05, 3.63) is 71.8 Å². The van der Waals surface area contributed by atoms with Gasteiger partial charge in [-0.2, -0.15) is 0 Å². The van der Waals surface area contributed by atoms with E-state index in [0.29, 0.717) is 19.6 Å². The van der Waals surface area contributed by atoms with Crippen LogP contribution in [0.4, 0.5) is 4.79 Å². The topological polar surface area (TPSA) is 67.9 Å². The lowest BCUT2D eigenvalue weighted by Gasteiger charge is -2.34. The average molecular weight is 438 g/mol. The Morgan fingerprint density at radius 2 is 1.41 bits per heavy atom. The van der Waals surface area contributed by atoms with Crippen molar-refractivity contribution >= 4 is 11.9 Å². The Morgan fingerprint density at radius 3 is 2.06 bits per heavy atom. The fraction of sp³-hybridized carbons (Fsp3) is 0.440. The van der Waals surface area contributed by atoms with Crippen molar-refractivity contribution in [1.82, 2.24) is 25.3 Å². The number of hydrogen-bond acceptors (Lipinski definition) is 4. The van der Waals surface area contributed by atoms with Gasteiger partial charge in [0, 0.05) is 72.4 Å². The van der Waals surface area contributed by atoms with E-state index in [-0.39, 0.29) is 18.4 Å². The molecule has 172 valence electrons. The second-order valence-electron chi connectivity index (χ2n) is 8.28. The first kappa shape index (κ1) is 23.8. The predicted octanol–water partition coefficient (Wildman–Crippen LogP) is 2.15. The van der Waals surface area contributed by atoms with Crippen LogP contribution in [0, 0.1) is 0 Å². The summed E-state index contributed by atoms with van der Waals surface area (Å²) in [5.74, 6) is -0.0290. The number of carbonyl (C=O) groups is 2. The third kappa shape index (κ3) is 8.32. The molecule has 0 bridgehead atoms. The van der Waals surface area contributed by atoms with E-state index < -0.39 is 0 Å². The summed E-state index contributed by atoms with van der Waals surface area (Å²) in [7, 11) is 1.75. The molecule has 2 aromatic rings. The normalized spacial score (nSPS) is 14.7. The van der Waals surface area contributed by atoms with Gasteiger partial charge in [-0.05, 0) is 11.1 Å². The molecule has 1 saturated heterocycles. The van der Waals surface area contributed by atoms with E-state index >= 15 is 0 Å². The largest absolute Gasteiger partial charge is 0.355 e. The van der Waals surface area contributed by atoms with Crippen LogP contribution in [-0.2, 0) is 17.9 Å². The van der Waals surface area contributed by atoms with E-state index in [1.165, 1.54) is 5.56 Å². The monoisotopic (exact) mass is 437 g/mol. The third-order valence-electron chi connectivity index (χ3n) is 5.70. The molecule has 3 amide bonds. The number of carbonyl (C=O) groups excluding carboxylic acids is 2. The Hall–Kier alpha value is -2.90. The molecule has 0 spiro atoms. The number of urea groups is 1. The van der Waals surface area contributed by atoms with Crippen molar-refractivity contribution < 1.29 is 9.59 Å². The molecule has 0 saturated carbocycles. The summed E-state index contributed by atoms with van der Waals surface area (Å²) in [6.45, 7) is 7.50. The van der Waals surface area contributed by atoms with Gasteiger partial charge in [-0.25, -0.2) is 4.79 Å². The molecule has 0 atom stereocenters. The lowest BCUT2D eigenvalue weighted by Crippen LogP contribution is -2.48. The number of benzene rings is 2. The Kier molecular flexibility index (Phi) is 9.53. The maximum Gasteiger partial charge on any atom is 0.317 e. The molecule has 1 aliphatic rings. The zero-order valence-corrected chi connectivity index (χ0v) is 19.0. The fourth-order valence-electron chi connectivity index (χ4n) is 3.80. The van der Waals surface area contributed by atoms with Gasteiger partial charge in [-0.15, -0.1) is 0 Å². The van der Waals surface area contributed by atoms with E-state index in [2.05, 4.69) is 44.7 Å². The molecular weight excluding hydrogens is 402 g/mol. The molecule has 0 aliphatic carbocycles. The summed E-state index contributed by atoms with van der Waals surface area (Å²) >= 11 is 0. The third-order valence-corrected chi connectivity index (χ3v) is 5.70. The highest BCUT2D eigenvalue weighted by atomic mass is 16.2. The predicted molar refractivity (Wildman–Crippen MR) is 127 cm³/mol. The summed E-state index contributed by atoms with van der Waals surface area (Å²) in [6, 6.07) is 20.2. The minimum absolute atomic E-state index is 0.0290. The van der Waals surface area contributed by atoms with Gasteiger partial charge in [0.2, 0.25) is 5.91 Å². The summed E-state index contributed by atoms with van der Waals surface area (Å²) in [5, 5.41) is 5.77. The van der Waals surface area contributed by atoms with E-state index in [9.17, 15) is 9.59 Å². The second kappa shape index (κ2) is 12.8. The van der Waals surface area contributed by atoms with Gasteiger partial charge in [-0.1, -0.05) is 60.7 Å². The molecule has 1 aliphatic heterocycles. The summed E-state index contributed by atoms with van der Waals surface area (Å²) in [5.41, 5.74) is 2.43. The number of amides is 3. The number of nitrogens with one attached hydrogen (secondary N) is 2. The molecule has 1 fully saturated rings. The van der Waals surface area contributed by atoms with E-state index in [1.807, 2.05) is 36.4 Å². The number of nitrogens with zero attached hydrogens (tertiary/aromatic N) is 3. The van der Waals surface area contributed by atoms with Gasteiger partial charge in [-0.3, -0.25) is 14.6 Å². The van der Waals surface area contributed by atoms with Crippen molar-refractivity contribution in [3.8, 4) is 0 Å². The average Bonchev–Trinajstić information content (AvgIpc) is 2.81. The van der Waals surface area contributed by atoms with Crippen LogP contribution in [0.2, 0.25) is 0 Å². The zero-order chi connectivity index (χ0) is 22.6. The fourth-order valence-corrected chi connectivity index (χ4v) is 3.80. The molecule has 7 heteroatoms. The SMILES string of the molecule is CN(Cc1ccccc1)C(=O)NCCC(=O)NCCN1CCN(Cc2ccccc2)CC1. The Morgan fingerprint density at radius 1 is 0.812 bits per heavy atom. The van der Waals surface area contributed by atoms with Gasteiger partial charge >= 0.3 is 6.03 Å². The van der Waals surface area contributed by atoms with Crippen molar-refractivity contribution in [1.29, 1.82) is 0 Å². The van der Waals surface area contributed by atoms with Crippen LogP contribution >= 0.6 is 0 Å². The van der Waals surface area contributed by atoms with Crippen LogP contribution in [0.15, 0.2) is 60.7 Å². The molecule has 0 radical (unpaired) electrons. The summed E-state index contributed by atoms with van der Waals surface area (Å²) in [6.07, 6.45) is 0.287. The molecule has 0 unspecified atom stereocenters. The van der Waals surface area contributed by atoms with Crippen LogP contribution < -0.4 is 10.6 Å². The number of rotatable bonds is 10. The van der Waals surface area contributed by atoms with Gasteiger partial charge in [0.25, 0.3) is 0 Å². The zero-order valence-electron chi connectivity index (χ0n) is 19.0. The van der Waals surface area contributed by atoms with E-state index in [4.69, 9.17) is 0 Å². The molecule has 32 heavy (non-hydrogen) atoms.